The van der Waals surface area contributed by atoms with Gasteiger partial charge in [-0.3, -0.25) is 4.79 Å². The van der Waals surface area contributed by atoms with Crippen molar-refractivity contribution >= 4 is 27.6 Å². The Labute approximate surface area is 175 Å². The molecular weight excluding hydrogens is 378 g/mol. The highest BCUT2D eigenvalue weighted by atomic mass is 16.5. The highest BCUT2D eigenvalue weighted by Crippen LogP contribution is 2.23. The minimum atomic E-state index is -0.0113. The lowest BCUT2D eigenvalue weighted by atomic mass is 10.1. The zero-order chi connectivity index (χ0) is 20.8. The Morgan fingerprint density at radius 3 is 2.43 bits per heavy atom. The second-order valence-corrected chi connectivity index (χ2v) is 7.15. The Morgan fingerprint density at radius 2 is 1.60 bits per heavy atom. The van der Waals surface area contributed by atoms with Crippen LogP contribution in [0, 0.1) is 0 Å². The van der Waals surface area contributed by atoms with Crippen molar-refractivity contribution in [2.45, 2.75) is 19.3 Å². The molecule has 0 aliphatic heterocycles. The average molecular weight is 403 g/mol. The van der Waals surface area contributed by atoms with E-state index in [1.54, 1.807) is 25.3 Å². The number of para-hydroxylation sites is 1. The Bertz CT molecular complexity index is 1180. The minimum Gasteiger partial charge on any atom is -0.497 e. The fourth-order valence-corrected chi connectivity index (χ4v) is 3.41. The average Bonchev–Trinajstić information content (AvgIpc) is 2.79. The molecule has 4 aromatic rings. The lowest BCUT2D eigenvalue weighted by Crippen LogP contribution is -2.04. The van der Waals surface area contributed by atoms with Crippen LogP contribution in [0.25, 0.3) is 21.9 Å². The lowest BCUT2D eigenvalue weighted by Gasteiger charge is -2.09. The van der Waals surface area contributed by atoms with Crippen molar-refractivity contribution in [2.24, 2.45) is 0 Å². The molecule has 4 rings (SSSR count). The second kappa shape index (κ2) is 9.35. The smallest absolute Gasteiger partial charge is 0.200 e. The van der Waals surface area contributed by atoms with E-state index < -0.39 is 0 Å². The molecule has 0 saturated carbocycles. The van der Waals surface area contributed by atoms with Crippen LogP contribution in [0.4, 0.5) is 5.69 Å². The number of ether oxygens (including phenoxy) is 2. The van der Waals surface area contributed by atoms with Crippen molar-refractivity contribution in [3.63, 3.8) is 0 Å². The van der Waals surface area contributed by atoms with Gasteiger partial charge in [-0.05, 0) is 67.8 Å². The van der Waals surface area contributed by atoms with E-state index in [0.717, 1.165) is 43.0 Å². The van der Waals surface area contributed by atoms with Crippen molar-refractivity contribution in [2.75, 3.05) is 25.6 Å². The van der Waals surface area contributed by atoms with Gasteiger partial charge in [0.15, 0.2) is 0 Å². The molecule has 0 atom stereocenters. The molecule has 0 unspecified atom stereocenters. The SMILES string of the molecule is COc1ccc(NCCCCCOc2ccc3c(=O)c4ccccc4oc3c2)cc1. The highest BCUT2D eigenvalue weighted by molar-refractivity contribution is 5.90. The first-order valence-electron chi connectivity index (χ1n) is 10.2. The summed E-state index contributed by atoms with van der Waals surface area (Å²) in [5, 5.41) is 4.58. The molecule has 0 saturated heterocycles. The molecule has 0 fully saturated rings. The molecular formula is C25H25NO4. The van der Waals surface area contributed by atoms with Crippen LogP contribution in [0.5, 0.6) is 11.5 Å². The fourth-order valence-electron chi connectivity index (χ4n) is 3.41. The third-order valence-electron chi connectivity index (χ3n) is 5.06. The number of unbranched alkanes of at least 4 members (excludes halogenated alkanes) is 2. The van der Waals surface area contributed by atoms with E-state index in [2.05, 4.69) is 5.32 Å². The van der Waals surface area contributed by atoms with Crippen molar-refractivity contribution in [1.29, 1.82) is 0 Å². The number of anilines is 1. The summed E-state index contributed by atoms with van der Waals surface area (Å²) in [5.41, 5.74) is 2.23. The molecule has 1 heterocycles. The van der Waals surface area contributed by atoms with Crippen LogP contribution >= 0.6 is 0 Å². The first-order valence-corrected chi connectivity index (χ1v) is 10.2. The summed E-state index contributed by atoms with van der Waals surface area (Å²) in [6, 6.07) is 20.6. The van der Waals surface area contributed by atoms with Gasteiger partial charge in [0.2, 0.25) is 5.43 Å². The first-order chi connectivity index (χ1) is 14.7. The topological polar surface area (TPSA) is 60.7 Å². The standard InChI is InChI=1S/C25H25NO4/c1-28-19-11-9-18(10-12-19)26-15-5-2-6-16-29-20-13-14-22-24(17-20)30-23-8-4-3-7-21(23)25(22)27/h3-4,7-14,17,26H,2,5-6,15-16H2,1H3. The summed E-state index contributed by atoms with van der Waals surface area (Å²) < 4.78 is 16.9. The van der Waals surface area contributed by atoms with E-state index >= 15 is 0 Å². The number of hydrogen-bond acceptors (Lipinski definition) is 5. The molecule has 0 aliphatic rings. The molecule has 3 aromatic carbocycles. The Kier molecular flexibility index (Phi) is 6.18. The van der Waals surface area contributed by atoms with Crippen LogP contribution in [0.3, 0.4) is 0 Å². The summed E-state index contributed by atoms with van der Waals surface area (Å²) in [7, 11) is 1.67. The van der Waals surface area contributed by atoms with E-state index in [9.17, 15) is 4.79 Å². The second-order valence-electron chi connectivity index (χ2n) is 7.15. The number of fused-ring (bicyclic) bond motifs is 2. The predicted molar refractivity (Wildman–Crippen MR) is 121 cm³/mol. The molecule has 1 N–H and O–H groups in total. The maximum Gasteiger partial charge on any atom is 0.200 e. The summed E-state index contributed by atoms with van der Waals surface area (Å²) in [6.07, 6.45) is 3.09. The van der Waals surface area contributed by atoms with Crippen LogP contribution in [0.1, 0.15) is 19.3 Å². The van der Waals surface area contributed by atoms with E-state index in [-0.39, 0.29) is 5.43 Å². The van der Waals surface area contributed by atoms with E-state index in [1.807, 2.05) is 48.5 Å². The molecule has 30 heavy (non-hydrogen) atoms. The third-order valence-corrected chi connectivity index (χ3v) is 5.06. The fraction of sp³-hybridized carbons (Fsp3) is 0.240. The quantitative estimate of drug-likeness (QED) is 0.290. The molecule has 154 valence electrons. The number of nitrogens with one attached hydrogen (secondary N) is 1. The zero-order valence-corrected chi connectivity index (χ0v) is 17.0. The van der Waals surface area contributed by atoms with Crippen LogP contribution in [0.2, 0.25) is 0 Å². The monoisotopic (exact) mass is 403 g/mol. The van der Waals surface area contributed by atoms with Crippen molar-refractivity contribution in [3.05, 3.63) is 77.0 Å². The molecule has 0 amide bonds. The minimum absolute atomic E-state index is 0.0113. The van der Waals surface area contributed by atoms with Gasteiger partial charge in [0, 0.05) is 18.3 Å². The molecule has 0 spiro atoms. The van der Waals surface area contributed by atoms with Gasteiger partial charge < -0.3 is 19.2 Å². The Morgan fingerprint density at radius 1 is 0.833 bits per heavy atom. The van der Waals surface area contributed by atoms with Crippen LogP contribution in [-0.4, -0.2) is 20.3 Å². The van der Waals surface area contributed by atoms with Gasteiger partial charge in [0.25, 0.3) is 0 Å². The molecule has 5 heteroatoms. The van der Waals surface area contributed by atoms with Gasteiger partial charge in [-0.2, -0.15) is 0 Å². The number of benzene rings is 3. The van der Waals surface area contributed by atoms with Gasteiger partial charge in [-0.25, -0.2) is 0 Å². The van der Waals surface area contributed by atoms with Gasteiger partial charge >= 0.3 is 0 Å². The Hall–Kier alpha value is -3.47. The molecule has 5 nitrogen and oxygen atoms in total. The van der Waals surface area contributed by atoms with Crippen molar-refractivity contribution in [1.82, 2.24) is 0 Å². The van der Waals surface area contributed by atoms with Gasteiger partial charge in [-0.15, -0.1) is 0 Å². The molecule has 0 radical (unpaired) electrons. The molecule has 0 aliphatic carbocycles. The number of methoxy groups -OCH3 is 1. The van der Waals surface area contributed by atoms with Gasteiger partial charge in [0.05, 0.1) is 24.5 Å². The Balaban J connectivity index is 1.25. The maximum absolute atomic E-state index is 12.6. The largest absolute Gasteiger partial charge is 0.497 e. The molecule has 1 aromatic heterocycles. The summed E-state index contributed by atoms with van der Waals surface area (Å²) in [5.74, 6) is 1.58. The lowest BCUT2D eigenvalue weighted by molar-refractivity contribution is 0.306. The van der Waals surface area contributed by atoms with Gasteiger partial charge in [-0.1, -0.05) is 12.1 Å². The van der Waals surface area contributed by atoms with Gasteiger partial charge in [0.1, 0.15) is 22.7 Å². The normalized spacial score (nSPS) is 11.0. The number of rotatable bonds is 9. The third kappa shape index (κ3) is 4.57. The first kappa shape index (κ1) is 19.8. The van der Waals surface area contributed by atoms with E-state index in [0.29, 0.717) is 28.5 Å². The van der Waals surface area contributed by atoms with Crippen LogP contribution in [-0.2, 0) is 0 Å². The highest BCUT2D eigenvalue weighted by Gasteiger charge is 2.08. The summed E-state index contributed by atoms with van der Waals surface area (Å²) in [6.45, 7) is 1.55. The van der Waals surface area contributed by atoms with E-state index in [4.69, 9.17) is 13.9 Å². The van der Waals surface area contributed by atoms with E-state index in [1.165, 1.54) is 0 Å². The predicted octanol–water partition coefficient (Wildman–Crippen LogP) is 5.62. The van der Waals surface area contributed by atoms with Crippen LogP contribution in [0.15, 0.2) is 75.9 Å². The van der Waals surface area contributed by atoms with Crippen LogP contribution < -0.4 is 20.2 Å². The van der Waals surface area contributed by atoms with Crippen molar-refractivity contribution in [3.8, 4) is 11.5 Å². The summed E-state index contributed by atoms with van der Waals surface area (Å²) >= 11 is 0. The number of hydrogen-bond donors (Lipinski definition) is 1. The zero-order valence-electron chi connectivity index (χ0n) is 17.0. The maximum atomic E-state index is 12.6. The summed E-state index contributed by atoms with van der Waals surface area (Å²) in [4.78, 5) is 12.6. The molecule has 0 bridgehead atoms. The van der Waals surface area contributed by atoms with Crippen molar-refractivity contribution < 1.29 is 13.9 Å².